The third-order valence-corrected chi connectivity index (χ3v) is 5.59. The average molecular weight is 323 g/mol. The molecule has 0 aliphatic carbocycles. The second kappa shape index (κ2) is 6.47. The van der Waals surface area contributed by atoms with Gasteiger partial charge >= 0.3 is 13.6 Å². The molecule has 0 fully saturated rings. The van der Waals surface area contributed by atoms with Gasteiger partial charge in [-0.05, 0) is 12.0 Å². The van der Waals surface area contributed by atoms with Crippen LogP contribution >= 0.6 is 7.60 Å². The SMILES string of the molecule is O=C(O)C(Cc1ccccc1)NS(=O)(=O)CP(=O)(O)O. The van der Waals surface area contributed by atoms with E-state index in [-0.39, 0.29) is 6.42 Å². The number of hydrogen-bond acceptors (Lipinski definition) is 4. The molecule has 1 rings (SSSR count). The number of sulfonamides is 1. The monoisotopic (exact) mass is 323 g/mol. The first-order chi connectivity index (χ1) is 9.09. The van der Waals surface area contributed by atoms with E-state index in [9.17, 15) is 17.8 Å². The van der Waals surface area contributed by atoms with Crippen molar-refractivity contribution in [3.05, 3.63) is 35.9 Å². The van der Waals surface area contributed by atoms with E-state index >= 15 is 0 Å². The molecule has 112 valence electrons. The number of benzene rings is 1. The van der Waals surface area contributed by atoms with E-state index in [2.05, 4.69) is 0 Å². The summed E-state index contributed by atoms with van der Waals surface area (Å²) in [7, 11) is -9.20. The van der Waals surface area contributed by atoms with Crippen molar-refractivity contribution >= 4 is 23.6 Å². The van der Waals surface area contributed by atoms with Crippen molar-refractivity contribution in [1.82, 2.24) is 4.72 Å². The number of carbonyl (C=O) groups is 1. The molecule has 0 radical (unpaired) electrons. The van der Waals surface area contributed by atoms with Gasteiger partial charge in [0, 0.05) is 0 Å². The molecule has 1 aromatic carbocycles. The third kappa shape index (κ3) is 6.27. The number of aliphatic carboxylic acids is 1. The molecular weight excluding hydrogens is 309 g/mol. The standard InChI is InChI=1S/C10H14NO7PS/c12-10(13)9(6-8-4-2-1-3-5-8)11-20(17,18)7-19(14,15)16/h1-5,9,11H,6-7H2,(H,12,13)(H2,14,15,16). The fourth-order valence-corrected chi connectivity index (χ4v) is 4.19. The maximum atomic E-state index is 11.5. The summed E-state index contributed by atoms with van der Waals surface area (Å²) in [4.78, 5) is 28.3. The van der Waals surface area contributed by atoms with Crippen molar-refractivity contribution in [1.29, 1.82) is 0 Å². The highest BCUT2D eigenvalue weighted by Gasteiger charge is 2.30. The lowest BCUT2D eigenvalue weighted by Crippen LogP contribution is -2.43. The highest BCUT2D eigenvalue weighted by Crippen LogP contribution is 2.35. The lowest BCUT2D eigenvalue weighted by atomic mass is 10.1. The summed E-state index contributed by atoms with van der Waals surface area (Å²) in [5, 5.41) is 8.98. The second-order valence-corrected chi connectivity index (χ2v) is 7.93. The van der Waals surface area contributed by atoms with Crippen LogP contribution in [0.3, 0.4) is 0 Å². The number of carboxylic acid groups (broad SMARTS) is 1. The zero-order valence-corrected chi connectivity index (χ0v) is 11.9. The van der Waals surface area contributed by atoms with Gasteiger partial charge in [-0.3, -0.25) is 9.36 Å². The third-order valence-electron chi connectivity index (χ3n) is 2.24. The molecule has 0 saturated carbocycles. The molecule has 0 heterocycles. The Kier molecular flexibility index (Phi) is 5.43. The van der Waals surface area contributed by atoms with Crippen LogP contribution in [0.4, 0.5) is 0 Å². The van der Waals surface area contributed by atoms with Gasteiger partial charge in [0.15, 0.2) is 5.49 Å². The molecule has 10 heteroatoms. The molecule has 8 nitrogen and oxygen atoms in total. The summed E-state index contributed by atoms with van der Waals surface area (Å²) in [5.74, 6) is -1.43. The molecule has 1 unspecified atom stereocenters. The van der Waals surface area contributed by atoms with Gasteiger partial charge in [-0.15, -0.1) is 0 Å². The minimum atomic E-state index is -4.80. The van der Waals surface area contributed by atoms with Crippen LogP contribution in [0.15, 0.2) is 30.3 Å². The highest BCUT2D eigenvalue weighted by atomic mass is 32.2. The van der Waals surface area contributed by atoms with E-state index < -0.39 is 35.1 Å². The zero-order chi connectivity index (χ0) is 15.4. The Hall–Kier alpha value is -1.25. The molecule has 1 aromatic rings. The van der Waals surface area contributed by atoms with Crippen LogP contribution in [0.25, 0.3) is 0 Å². The summed E-state index contributed by atoms with van der Waals surface area (Å²) in [6.45, 7) is 0. The molecule has 0 bridgehead atoms. The maximum Gasteiger partial charge on any atom is 0.341 e. The van der Waals surface area contributed by atoms with E-state index in [1.165, 1.54) is 0 Å². The van der Waals surface area contributed by atoms with Crippen molar-refractivity contribution in [3.63, 3.8) is 0 Å². The molecule has 0 aromatic heterocycles. The highest BCUT2D eigenvalue weighted by molar-refractivity contribution is 7.95. The largest absolute Gasteiger partial charge is 0.480 e. The first-order valence-electron chi connectivity index (χ1n) is 5.40. The van der Waals surface area contributed by atoms with Crippen LogP contribution in [-0.2, 0) is 25.8 Å². The Morgan fingerprint density at radius 1 is 1.25 bits per heavy atom. The fourth-order valence-electron chi connectivity index (χ4n) is 1.50. The van der Waals surface area contributed by atoms with E-state index in [1.807, 2.05) is 0 Å². The van der Waals surface area contributed by atoms with E-state index in [0.717, 1.165) is 0 Å². The van der Waals surface area contributed by atoms with Gasteiger partial charge < -0.3 is 14.9 Å². The Labute approximate surface area is 115 Å². The predicted octanol–water partition coefficient (Wildman–Crippen LogP) is -0.263. The van der Waals surface area contributed by atoms with Crippen LogP contribution in [0.1, 0.15) is 5.56 Å². The van der Waals surface area contributed by atoms with Crippen molar-refractivity contribution in [2.45, 2.75) is 12.5 Å². The lowest BCUT2D eigenvalue weighted by Gasteiger charge is -2.15. The molecule has 0 aliphatic heterocycles. The molecule has 0 saturated heterocycles. The maximum absolute atomic E-state index is 11.5. The normalized spacial score (nSPS) is 13.9. The van der Waals surface area contributed by atoms with Crippen LogP contribution in [-0.4, -0.2) is 40.8 Å². The molecule has 4 N–H and O–H groups in total. The summed E-state index contributed by atoms with van der Waals surface area (Å²) in [5.41, 5.74) is -0.864. The van der Waals surface area contributed by atoms with Crippen molar-refractivity contribution in [2.75, 3.05) is 5.49 Å². The van der Waals surface area contributed by atoms with Crippen molar-refractivity contribution in [3.8, 4) is 0 Å². The minimum Gasteiger partial charge on any atom is -0.480 e. The van der Waals surface area contributed by atoms with E-state index in [0.29, 0.717) is 5.56 Å². The topological polar surface area (TPSA) is 141 Å². The fraction of sp³-hybridized carbons (Fsp3) is 0.300. The van der Waals surface area contributed by atoms with Crippen LogP contribution in [0.5, 0.6) is 0 Å². The average Bonchev–Trinajstić information content (AvgIpc) is 2.25. The Morgan fingerprint density at radius 3 is 2.25 bits per heavy atom. The lowest BCUT2D eigenvalue weighted by molar-refractivity contribution is -0.138. The first kappa shape index (κ1) is 16.8. The summed E-state index contributed by atoms with van der Waals surface area (Å²) in [6, 6.07) is 6.79. The van der Waals surface area contributed by atoms with Gasteiger partial charge in [-0.1, -0.05) is 30.3 Å². The van der Waals surface area contributed by atoms with Gasteiger partial charge in [0.1, 0.15) is 6.04 Å². The number of carboxylic acids is 1. The second-order valence-electron chi connectivity index (χ2n) is 4.11. The van der Waals surface area contributed by atoms with Gasteiger partial charge in [-0.2, -0.15) is 0 Å². The van der Waals surface area contributed by atoms with E-state index in [1.54, 1.807) is 35.1 Å². The number of rotatable bonds is 7. The van der Waals surface area contributed by atoms with Gasteiger partial charge in [0.05, 0.1) is 0 Å². The Balaban J connectivity index is 2.83. The minimum absolute atomic E-state index is 0.128. The Bertz CT molecular complexity index is 610. The van der Waals surface area contributed by atoms with Crippen LogP contribution < -0.4 is 4.72 Å². The molecule has 1 atom stereocenters. The first-order valence-corrected chi connectivity index (χ1v) is 8.85. The molecule has 0 aliphatic rings. The summed E-state index contributed by atoms with van der Waals surface area (Å²) >= 11 is 0. The van der Waals surface area contributed by atoms with Crippen LogP contribution in [0.2, 0.25) is 0 Å². The van der Waals surface area contributed by atoms with Gasteiger partial charge in [-0.25, -0.2) is 13.1 Å². The van der Waals surface area contributed by atoms with Crippen molar-refractivity contribution < 1.29 is 32.7 Å². The van der Waals surface area contributed by atoms with Crippen molar-refractivity contribution in [2.24, 2.45) is 0 Å². The number of nitrogens with one attached hydrogen (secondary N) is 1. The summed E-state index contributed by atoms with van der Waals surface area (Å²) < 4.78 is 35.4. The molecule has 0 spiro atoms. The Morgan fingerprint density at radius 2 is 1.80 bits per heavy atom. The van der Waals surface area contributed by atoms with E-state index in [4.69, 9.17) is 14.9 Å². The number of hydrogen-bond donors (Lipinski definition) is 4. The van der Waals surface area contributed by atoms with Crippen LogP contribution in [0, 0.1) is 0 Å². The zero-order valence-electron chi connectivity index (χ0n) is 10.2. The van der Waals surface area contributed by atoms with Gasteiger partial charge in [0.2, 0.25) is 10.0 Å². The molecular formula is C10H14NO7PS. The summed E-state index contributed by atoms with van der Waals surface area (Å²) in [6.07, 6.45) is -0.128. The molecule has 20 heavy (non-hydrogen) atoms. The predicted molar refractivity (Wildman–Crippen MR) is 70.5 cm³/mol. The smallest absolute Gasteiger partial charge is 0.341 e. The quantitative estimate of drug-likeness (QED) is 0.506. The van der Waals surface area contributed by atoms with Gasteiger partial charge in [0.25, 0.3) is 0 Å². The molecule has 0 amide bonds.